The number of carbonyl (C=O) groups excluding carboxylic acids is 4. The molecule has 13 nitrogen and oxygen atoms in total. The number of carbonyl (C=O) groups is 4. The van der Waals surface area contributed by atoms with Crippen LogP contribution in [0.1, 0.15) is 45.6 Å². The average molecular weight is 526 g/mol. The van der Waals surface area contributed by atoms with E-state index in [-0.39, 0.29) is 6.42 Å². The molecule has 13 heteroatoms. The second-order valence-electron chi connectivity index (χ2n) is 8.44. The lowest BCUT2D eigenvalue weighted by molar-refractivity contribution is -0.339. The van der Waals surface area contributed by atoms with Gasteiger partial charge in [0.2, 0.25) is 0 Å². The summed E-state index contributed by atoms with van der Waals surface area (Å²) < 4.78 is 17.1. The van der Waals surface area contributed by atoms with Crippen LogP contribution in [0.5, 0.6) is 11.5 Å². The highest BCUT2D eigenvalue weighted by atomic mass is 16.7. The minimum absolute atomic E-state index is 0.318. The molecule has 208 valence electrons. The van der Waals surface area contributed by atoms with E-state index in [4.69, 9.17) is 19.3 Å². The molecule has 1 aliphatic heterocycles. The zero-order valence-electron chi connectivity index (χ0n) is 21.0. The van der Waals surface area contributed by atoms with Crippen LogP contribution in [0.3, 0.4) is 0 Å². The molecule has 0 amide bonds. The number of rotatable bonds is 15. The Kier molecular flexibility index (Phi) is 12.3. The fourth-order valence-electron chi connectivity index (χ4n) is 3.46. The smallest absolute Gasteiger partial charge is 0.254 e. The number of carboxylic acids is 4. The summed E-state index contributed by atoms with van der Waals surface area (Å²) in [5.41, 5.74) is -2.02. The molecule has 0 fully saturated rings. The number of hydrogen-bond acceptors (Lipinski definition) is 13. The number of ether oxygens (including phenoxy) is 3. The average Bonchev–Trinajstić information content (AvgIpc) is 3.11. The predicted octanol–water partition coefficient (Wildman–Crippen LogP) is -4.04. The van der Waals surface area contributed by atoms with Crippen molar-refractivity contribution in [1.82, 2.24) is 4.90 Å². The monoisotopic (exact) mass is 525 g/mol. The third kappa shape index (κ3) is 10.6. The van der Waals surface area contributed by atoms with Crippen molar-refractivity contribution in [1.29, 1.82) is 0 Å². The van der Waals surface area contributed by atoms with Crippen molar-refractivity contribution in [2.45, 2.75) is 57.8 Å². The Hall–Kier alpha value is -3.42. The number of nitrogens with zero attached hydrogens (tertiary/aromatic N) is 1. The Morgan fingerprint density at radius 2 is 1.57 bits per heavy atom. The van der Waals surface area contributed by atoms with Crippen molar-refractivity contribution >= 4 is 23.9 Å². The van der Waals surface area contributed by atoms with E-state index >= 15 is 0 Å². The van der Waals surface area contributed by atoms with Gasteiger partial charge in [-0.05, 0) is 25.6 Å². The first kappa shape index (κ1) is 31.6. The molecule has 1 N–H and O–H groups in total. The minimum atomic E-state index is -2.97. The van der Waals surface area contributed by atoms with Gasteiger partial charge in [-0.1, -0.05) is 26.0 Å². The van der Waals surface area contributed by atoms with E-state index in [9.17, 15) is 39.6 Å². The van der Waals surface area contributed by atoms with Gasteiger partial charge in [-0.15, -0.1) is 0 Å². The van der Waals surface area contributed by atoms with Crippen molar-refractivity contribution in [3.05, 3.63) is 23.8 Å². The maximum atomic E-state index is 10.8. The molecular weight excluding hydrogens is 494 g/mol. The molecule has 1 aromatic carbocycles. The second kappa shape index (κ2) is 14.4. The summed E-state index contributed by atoms with van der Waals surface area (Å²) in [6, 6.07) is 5.60. The second-order valence-corrected chi connectivity index (χ2v) is 8.44. The van der Waals surface area contributed by atoms with Gasteiger partial charge >= 0.3 is 0 Å². The van der Waals surface area contributed by atoms with Gasteiger partial charge in [-0.3, -0.25) is 0 Å². The van der Waals surface area contributed by atoms with E-state index in [1.165, 1.54) is 0 Å². The summed E-state index contributed by atoms with van der Waals surface area (Å²) in [6.07, 6.45) is -2.35. The number of likely N-dealkylation sites (N-methyl/N-ethyl adjacent to an activating group) is 1. The summed E-state index contributed by atoms with van der Waals surface area (Å²) in [5.74, 6) is -7.22. The molecule has 1 aliphatic rings. The van der Waals surface area contributed by atoms with Crippen molar-refractivity contribution in [3.8, 4) is 11.5 Å². The summed E-state index contributed by atoms with van der Waals surface area (Å²) >= 11 is 0. The molecule has 1 heterocycles. The maximum absolute atomic E-state index is 10.8. The molecule has 0 saturated heterocycles. The number of aliphatic carboxylic acids is 4. The zero-order valence-corrected chi connectivity index (χ0v) is 21.0. The number of hydrogen-bond donors (Lipinski definition) is 1. The molecule has 1 atom stereocenters. The Bertz CT molecular complexity index is 930. The summed E-state index contributed by atoms with van der Waals surface area (Å²) in [6.45, 7) is 10.1. The number of carboxylic acid groups (broad SMARTS) is 4. The zero-order chi connectivity index (χ0) is 28.2. The van der Waals surface area contributed by atoms with E-state index in [0.29, 0.717) is 31.1 Å². The van der Waals surface area contributed by atoms with E-state index in [1.54, 1.807) is 13.0 Å². The largest absolute Gasteiger partial charge is 0.550 e. The fourth-order valence-corrected chi connectivity index (χ4v) is 3.46. The Labute approximate surface area is 214 Å². The predicted molar refractivity (Wildman–Crippen MR) is 117 cm³/mol. The van der Waals surface area contributed by atoms with Crippen LogP contribution >= 0.6 is 0 Å². The molecule has 0 aromatic heterocycles. The van der Waals surface area contributed by atoms with Gasteiger partial charge in [0.1, 0.15) is 5.60 Å². The normalized spacial score (nSPS) is 16.1. The third-order valence-electron chi connectivity index (χ3n) is 5.39. The van der Waals surface area contributed by atoms with E-state index in [1.807, 2.05) is 12.1 Å². The van der Waals surface area contributed by atoms with Crippen LogP contribution in [0, 0.1) is 0 Å². The molecule has 1 unspecified atom stereocenters. The van der Waals surface area contributed by atoms with E-state index in [2.05, 4.69) is 18.7 Å². The summed E-state index contributed by atoms with van der Waals surface area (Å²) in [7, 11) is 0. The molecule has 1 aromatic rings. The molecule has 0 spiro atoms. The van der Waals surface area contributed by atoms with Crippen molar-refractivity contribution < 1.29 is 58.9 Å². The van der Waals surface area contributed by atoms with E-state index in [0.717, 1.165) is 25.2 Å². The topological polar surface area (TPSA) is 212 Å². The molecular formula is C24H31NO12-4. The van der Waals surface area contributed by atoms with Gasteiger partial charge in [-0.2, -0.15) is 0 Å². The highest BCUT2D eigenvalue weighted by molar-refractivity contribution is 5.86. The number of aliphatic hydroxyl groups is 1. The van der Waals surface area contributed by atoms with Crippen LogP contribution in [0.15, 0.2) is 18.2 Å². The number of benzene rings is 1. The summed E-state index contributed by atoms with van der Waals surface area (Å²) in [4.78, 5) is 43.2. The van der Waals surface area contributed by atoms with Gasteiger partial charge in [-0.25, -0.2) is 0 Å². The highest BCUT2D eigenvalue weighted by Gasteiger charge is 2.38. The fraction of sp³-hybridized carbons (Fsp3) is 0.583. The van der Waals surface area contributed by atoms with Crippen LogP contribution in [0.25, 0.3) is 0 Å². The quantitative estimate of drug-likeness (QED) is 0.216. The molecule has 0 aliphatic carbocycles. The van der Waals surface area contributed by atoms with Crippen molar-refractivity contribution in [3.63, 3.8) is 0 Å². The molecule has 37 heavy (non-hydrogen) atoms. The molecule has 0 radical (unpaired) electrons. The van der Waals surface area contributed by atoms with Gasteiger partial charge < -0.3 is 63.8 Å². The Morgan fingerprint density at radius 1 is 0.973 bits per heavy atom. The summed E-state index contributed by atoms with van der Waals surface area (Å²) in [5, 5.41) is 49.8. The molecule has 0 saturated carbocycles. The lowest BCUT2D eigenvalue weighted by Gasteiger charge is -2.29. The SMILES string of the molecule is CCN(CC)CCOCCc1cccc2c1OC(C)(CC(=O)[O-])O2.O=C([O-])CC(O)(CC(=O)[O-])C(=O)[O-]. The van der Waals surface area contributed by atoms with Gasteiger partial charge in [0.15, 0.2) is 11.5 Å². The Balaban J connectivity index is 0.000000448. The molecule has 0 bridgehead atoms. The lowest BCUT2D eigenvalue weighted by Crippen LogP contribution is -2.54. The van der Waals surface area contributed by atoms with Gasteiger partial charge in [0.25, 0.3) is 5.79 Å². The van der Waals surface area contributed by atoms with Crippen LogP contribution in [0.4, 0.5) is 0 Å². The number of fused-ring (bicyclic) bond motifs is 1. The number of para-hydroxylation sites is 1. The lowest BCUT2D eigenvalue weighted by atomic mass is 9.96. The first-order valence-corrected chi connectivity index (χ1v) is 11.6. The van der Waals surface area contributed by atoms with Crippen LogP contribution in [-0.2, 0) is 30.3 Å². The minimum Gasteiger partial charge on any atom is -0.550 e. The maximum Gasteiger partial charge on any atom is 0.254 e. The van der Waals surface area contributed by atoms with E-state index < -0.39 is 48.1 Å². The van der Waals surface area contributed by atoms with Crippen LogP contribution < -0.4 is 29.9 Å². The third-order valence-corrected chi connectivity index (χ3v) is 5.39. The first-order chi connectivity index (χ1) is 17.2. The van der Waals surface area contributed by atoms with Crippen LogP contribution in [-0.4, -0.2) is 78.1 Å². The molecule has 2 rings (SSSR count). The Morgan fingerprint density at radius 3 is 2.05 bits per heavy atom. The van der Waals surface area contributed by atoms with Crippen molar-refractivity contribution in [2.75, 3.05) is 32.8 Å². The standard InChI is InChI=1S/C18H27NO5.C6H8O7/c1-4-19(5-2)10-12-22-11-9-14-7-6-8-15-17(14)24-18(3,23-15)13-16(20)21;7-3(8)1-6(13,5(11)12)2-4(9)10/h6-8H,4-5,9-13H2,1-3H3,(H,20,21);13H,1-2H2,(H,7,8)(H,9,10)(H,11,12)/p-4. The van der Waals surface area contributed by atoms with Gasteiger partial charge in [0.05, 0.1) is 25.6 Å². The van der Waals surface area contributed by atoms with Crippen molar-refractivity contribution in [2.24, 2.45) is 0 Å². The highest BCUT2D eigenvalue weighted by Crippen LogP contribution is 2.43. The first-order valence-electron chi connectivity index (χ1n) is 11.6. The van der Waals surface area contributed by atoms with Gasteiger partial charge in [0, 0.05) is 49.8 Å². The van der Waals surface area contributed by atoms with Crippen LogP contribution in [0.2, 0.25) is 0 Å².